The predicted molar refractivity (Wildman–Crippen MR) is 183 cm³/mol. The third-order valence-electron chi connectivity index (χ3n) is 9.06. The number of esters is 1. The van der Waals surface area contributed by atoms with Gasteiger partial charge in [-0.2, -0.15) is 0 Å². The Labute approximate surface area is 270 Å². The van der Waals surface area contributed by atoms with Crippen molar-refractivity contribution in [1.82, 2.24) is 0 Å². The minimum absolute atomic E-state index is 0.167. The molecule has 0 N–H and O–H groups in total. The lowest BCUT2D eigenvalue weighted by molar-refractivity contribution is -0.144. The predicted octanol–water partition coefficient (Wildman–Crippen LogP) is 10.9. The summed E-state index contributed by atoms with van der Waals surface area (Å²) in [6, 6.07) is 35.1. The average molecular weight is 620 g/mol. The molecule has 0 aromatic heterocycles. The number of ether oxygens (including phenoxy) is 1. The smallest absolute Gasteiger partial charge is 0.307 e. The SMILES string of the molecule is CCOC(=O)C[C@@]12C(=C(c3ccccc3)c3ccccc31)C(C)(C)C(=C(C)C)/C2=C(\c1ccc(Cl)cc1)c1ccccc1Cl. The quantitative estimate of drug-likeness (QED) is 0.201. The van der Waals surface area contributed by atoms with E-state index in [1.165, 1.54) is 22.3 Å². The van der Waals surface area contributed by atoms with Gasteiger partial charge in [-0.25, -0.2) is 0 Å². The Morgan fingerprint density at radius 3 is 2.07 bits per heavy atom. The van der Waals surface area contributed by atoms with Crippen molar-refractivity contribution in [3.8, 4) is 0 Å². The molecular formula is C40H36Cl2O2. The van der Waals surface area contributed by atoms with E-state index >= 15 is 0 Å². The second-order valence-corrected chi connectivity index (χ2v) is 13.1. The van der Waals surface area contributed by atoms with E-state index in [1.54, 1.807) is 0 Å². The van der Waals surface area contributed by atoms with Gasteiger partial charge in [0.1, 0.15) is 0 Å². The molecule has 1 saturated carbocycles. The number of rotatable bonds is 6. The van der Waals surface area contributed by atoms with E-state index < -0.39 is 10.8 Å². The van der Waals surface area contributed by atoms with Crippen LogP contribution in [0, 0.1) is 5.41 Å². The van der Waals surface area contributed by atoms with Gasteiger partial charge in [0.2, 0.25) is 0 Å². The maximum atomic E-state index is 13.9. The first-order chi connectivity index (χ1) is 21.1. The van der Waals surface area contributed by atoms with E-state index in [1.807, 2.05) is 43.3 Å². The number of hydrogen-bond donors (Lipinski definition) is 0. The Hall–Kier alpha value is -3.85. The van der Waals surface area contributed by atoms with E-state index in [2.05, 4.69) is 94.4 Å². The lowest BCUT2D eigenvalue weighted by Crippen LogP contribution is -2.31. The number of allylic oxidation sites excluding steroid dienone is 4. The van der Waals surface area contributed by atoms with E-state index in [4.69, 9.17) is 27.9 Å². The van der Waals surface area contributed by atoms with Crippen LogP contribution in [0.15, 0.2) is 125 Å². The highest BCUT2D eigenvalue weighted by Gasteiger charge is 2.62. The molecule has 44 heavy (non-hydrogen) atoms. The van der Waals surface area contributed by atoms with Crippen molar-refractivity contribution in [2.45, 2.75) is 46.5 Å². The lowest BCUT2D eigenvalue weighted by atomic mass is 9.68. The van der Waals surface area contributed by atoms with Crippen molar-refractivity contribution in [3.05, 3.63) is 163 Å². The number of carbonyl (C=O) groups is 1. The van der Waals surface area contributed by atoms with Crippen molar-refractivity contribution in [2.24, 2.45) is 5.41 Å². The molecule has 222 valence electrons. The number of halogens is 2. The van der Waals surface area contributed by atoms with Gasteiger partial charge in [0, 0.05) is 21.0 Å². The molecule has 0 spiro atoms. The summed E-state index contributed by atoms with van der Waals surface area (Å²) >= 11 is 13.5. The van der Waals surface area contributed by atoms with Gasteiger partial charge in [0.25, 0.3) is 0 Å². The van der Waals surface area contributed by atoms with E-state index in [0.717, 1.165) is 39.0 Å². The van der Waals surface area contributed by atoms with Crippen molar-refractivity contribution in [1.29, 1.82) is 0 Å². The van der Waals surface area contributed by atoms with Crippen LogP contribution in [0.2, 0.25) is 10.0 Å². The van der Waals surface area contributed by atoms with Gasteiger partial charge in [-0.3, -0.25) is 4.79 Å². The van der Waals surface area contributed by atoms with Gasteiger partial charge in [0.05, 0.1) is 18.4 Å². The fourth-order valence-electron chi connectivity index (χ4n) is 7.85. The van der Waals surface area contributed by atoms with Crippen LogP contribution in [0.4, 0.5) is 0 Å². The number of fused-ring (bicyclic) bond motifs is 3. The molecule has 4 heteroatoms. The van der Waals surface area contributed by atoms with Crippen LogP contribution in [0.5, 0.6) is 0 Å². The number of benzene rings is 4. The third kappa shape index (κ3) is 4.67. The van der Waals surface area contributed by atoms with E-state index in [0.29, 0.717) is 16.7 Å². The maximum Gasteiger partial charge on any atom is 0.307 e. The van der Waals surface area contributed by atoms with Gasteiger partial charge < -0.3 is 4.74 Å². The minimum Gasteiger partial charge on any atom is -0.466 e. The summed E-state index contributed by atoms with van der Waals surface area (Å²) in [5.74, 6) is -0.230. The van der Waals surface area contributed by atoms with Gasteiger partial charge in [-0.1, -0.05) is 128 Å². The van der Waals surface area contributed by atoms with Gasteiger partial charge >= 0.3 is 5.97 Å². The Morgan fingerprint density at radius 1 is 0.773 bits per heavy atom. The summed E-state index contributed by atoms with van der Waals surface area (Å²) in [5.41, 5.74) is 10.9. The molecule has 2 aliphatic rings. The summed E-state index contributed by atoms with van der Waals surface area (Å²) in [7, 11) is 0. The first kappa shape index (κ1) is 30.2. The van der Waals surface area contributed by atoms with Gasteiger partial charge in [0.15, 0.2) is 0 Å². The van der Waals surface area contributed by atoms with Crippen LogP contribution in [-0.4, -0.2) is 12.6 Å². The monoisotopic (exact) mass is 618 g/mol. The molecule has 4 aromatic rings. The normalized spacial score (nSPS) is 19.5. The first-order valence-corrected chi connectivity index (χ1v) is 15.9. The van der Waals surface area contributed by atoms with Gasteiger partial charge in [-0.15, -0.1) is 0 Å². The molecule has 1 fully saturated rings. The van der Waals surface area contributed by atoms with Crippen LogP contribution >= 0.6 is 23.2 Å². The summed E-state index contributed by atoms with van der Waals surface area (Å²) < 4.78 is 5.76. The Kier molecular flexibility index (Phi) is 7.94. The molecule has 6 rings (SSSR count). The topological polar surface area (TPSA) is 26.3 Å². The molecule has 0 unspecified atom stereocenters. The van der Waals surface area contributed by atoms with Crippen LogP contribution in [-0.2, 0) is 14.9 Å². The van der Waals surface area contributed by atoms with Crippen molar-refractivity contribution >= 4 is 40.3 Å². The van der Waals surface area contributed by atoms with Crippen molar-refractivity contribution < 1.29 is 9.53 Å². The summed E-state index contributed by atoms with van der Waals surface area (Å²) in [5, 5.41) is 1.31. The van der Waals surface area contributed by atoms with Crippen LogP contribution < -0.4 is 0 Å². The molecule has 0 aliphatic heterocycles. The molecule has 0 heterocycles. The second kappa shape index (κ2) is 11.6. The summed E-state index contributed by atoms with van der Waals surface area (Å²) in [4.78, 5) is 13.9. The number of carbonyl (C=O) groups excluding carboxylic acids is 1. The minimum atomic E-state index is -0.807. The molecular weight excluding hydrogens is 583 g/mol. The molecule has 0 radical (unpaired) electrons. The largest absolute Gasteiger partial charge is 0.466 e. The molecule has 1 atom stereocenters. The van der Waals surface area contributed by atoms with Crippen LogP contribution in [0.3, 0.4) is 0 Å². The Morgan fingerprint density at radius 2 is 1.41 bits per heavy atom. The molecule has 4 aromatic carbocycles. The summed E-state index contributed by atoms with van der Waals surface area (Å²) in [6.45, 7) is 11.1. The highest BCUT2D eigenvalue weighted by atomic mass is 35.5. The maximum absolute atomic E-state index is 13.9. The fraction of sp³-hybridized carbons (Fsp3) is 0.225. The van der Waals surface area contributed by atoms with Gasteiger partial charge in [-0.05, 0) is 89.1 Å². The van der Waals surface area contributed by atoms with Crippen LogP contribution in [0.1, 0.15) is 68.9 Å². The zero-order chi connectivity index (χ0) is 31.2. The lowest BCUT2D eigenvalue weighted by Gasteiger charge is -2.33. The highest BCUT2D eigenvalue weighted by molar-refractivity contribution is 6.33. The Balaban J connectivity index is 1.90. The van der Waals surface area contributed by atoms with E-state index in [9.17, 15) is 4.79 Å². The summed E-state index contributed by atoms with van der Waals surface area (Å²) in [6.07, 6.45) is 0.167. The Bertz CT molecular complexity index is 1860. The van der Waals surface area contributed by atoms with E-state index in [-0.39, 0.29) is 12.4 Å². The zero-order valence-corrected chi connectivity index (χ0v) is 27.3. The number of hydrogen-bond acceptors (Lipinski definition) is 2. The van der Waals surface area contributed by atoms with Crippen LogP contribution in [0.25, 0.3) is 11.1 Å². The molecule has 2 nitrogen and oxygen atoms in total. The molecule has 2 aliphatic carbocycles. The molecule has 0 saturated heterocycles. The average Bonchev–Trinajstić information content (AvgIpc) is 3.40. The molecule has 0 bridgehead atoms. The standard InChI is InChI=1S/C40H36Cl2O2/c1-6-44-33(43)24-40-31-18-12-10-16-29(31)35(26-14-8-7-9-15-26)38(40)39(4,5)36(25(2)3)37(40)34(27-20-22-28(41)23-21-27)30-17-11-13-19-32(30)42/h7-23H,6,24H2,1-5H3/b37-34-/t40-/m1/s1. The zero-order valence-electron chi connectivity index (χ0n) is 25.8. The highest BCUT2D eigenvalue weighted by Crippen LogP contribution is 2.71. The third-order valence-corrected chi connectivity index (χ3v) is 9.64. The van der Waals surface area contributed by atoms with Crippen molar-refractivity contribution in [3.63, 3.8) is 0 Å². The van der Waals surface area contributed by atoms with Crippen molar-refractivity contribution in [2.75, 3.05) is 6.61 Å². The first-order valence-electron chi connectivity index (χ1n) is 15.1. The molecule has 0 amide bonds. The second-order valence-electron chi connectivity index (χ2n) is 12.3. The fourth-order valence-corrected chi connectivity index (χ4v) is 8.20.